The normalized spacial score (nSPS) is 19.3. The smallest absolute Gasteiger partial charge is 0.405 e. The Hall–Kier alpha value is -1.44. The van der Waals surface area contributed by atoms with Gasteiger partial charge in [0.15, 0.2) is 0 Å². The van der Waals surface area contributed by atoms with E-state index in [2.05, 4.69) is 31.3 Å². The first-order chi connectivity index (χ1) is 8.35. The fourth-order valence-corrected chi connectivity index (χ4v) is 2.03. The molecule has 2 amide bonds. The number of nitrogens with one attached hydrogen (secondary N) is 2. The maximum absolute atomic E-state index is 12.2. The van der Waals surface area contributed by atoms with E-state index in [1.54, 1.807) is 0 Å². The molecular weight excluding hydrogens is 317 g/mol. The molecule has 1 fully saturated rings. The van der Waals surface area contributed by atoms with Gasteiger partial charge in [-0.2, -0.15) is 0 Å². The minimum Gasteiger partial charge on any atom is -0.405 e. The van der Waals surface area contributed by atoms with Crippen LogP contribution in [0.25, 0.3) is 0 Å². The first-order valence-corrected chi connectivity index (χ1v) is 5.74. The summed E-state index contributed by atoms with van der Waals surface area (Å²) in [6, 6.07) is 3.16. The van der Waals surface area contributed by atoms with Crippen molar-refractivity contribution in [1.29, 1.82) is 0 Å². The van der Waals surface area contributed by atoms with Gasteiger partial charge in [0.05, 0.1) is 6.04 Å². The van der Waals surface area contributed by atoms with E-state index in [0.717, 1.165) is 0 Å². The third-order valence-electron chi connectivity index (χ3n) is 2.35. The molecule has 1 aliphatic rings. The molecule has 1 aromatic carbocycles. The molecule has 0 saturated carbocycles. The number of hydrogen-bond acceptors (Lipinski definition) is 2. The number of ether oxygens (including phenoxy) is 1. The molecule has 1 heterocycles. The average Bonchev–Trinajstić information content (AvgIpc) is 2.65. The van der Waals surface area contributed by atoms with Crippen LogP contribution >= 0.6 is 15.9 Å². The molecule has 0 aliphatic carbocycles. The number of halogens is 4. The molecule has 0 bridgehead atoms. The molecule has 1 saturated heterocycles. The minimum atomic E-state index is -4.77. The Morgan fingerprint density at radius 1 is 1.39 bits per heavy atom. The molecule has 0 unspecified atom stereocenters. The highest BCUT2D eigenvalue weighted by Gasteiger charge is 2.34. The van der Waals surface area contributed by atoms with Crippen LogP contribution in [0.2, 0.25) is 0 Å². The quantitative estimate of drug-likeness (QED) is 0.878. The van der Waals surface area contributed by atoms with Gasteiger partial charge in [-0.15, -0.1) is 13.2 Å². The van der Waals surface area contributed by atoms with Crippen LogP contribution in [-0.2, 0) is 0 Å². The summed E-state index contributed by atoms with van der Waals surface area (Å²) in [5.74, 6) is -0.320. The minimum absolute atomic E-state index is 0.212. The molecule has 18 heavy (non-hydrogen) atoms. The molecule has 2 rings (SSSR count). The molecule has 98 valence electrons. The SMILES string of the molecule is O=C1NC[C@H](c2cc(Br)ccc2OC(F)(F)F)N1. The third-order valence-corrected chi connectivity index (χ3v) is 2.84. The predicted molar refractivity (Wildman–Crippen MR) is 60.1 cm³/mol. The first-order valence-electron chi connectivity index (χ1n) is 4.95. The number of hydrogen-bond donors (Lipinski definition) is 2. The predicted octanol–water partition coefficient (Wildman–Crippen LogP) is 2.70. The summed E-state index contributed by atoms with van der Waals surface area (Å²) >= 11 is 3.17. The van der Waals surface area contributed by atoms with E-state index in [1.165, 1.54) is 18.2 Å². The zero-order chi connectivity index (χ0) is 13.3. The lowest BCUT2D eigenvalue weighted by Gasteiger charge is -2.17. The Morgan fingerprint density at radius 3 is 2.67 bits per heavy atom. The van der Waals surface area contributed by atoms with Crippen molar-refractivity contribution < 1.29 is 22.7 Å². The number of amides is 2. The van der Waals surface area contributed by atoms with Gasteiger partial charge >= 0.3 is 12.4 Å². The summed E-state index contributed by atoms with van der Waals surface area (Å²) in [6.07, 6.45) is -4.77. The molecule has 0 aromatic heterocycles. The van der Waals surface area contributed by atoms with Gasteiger partial charge in [-0.05, 0) is 18.2 Å². The van der Waals surface area contributed by atoms with Crippen LogP contribution in [-0.4, -0.2) is 18.9 Å². The van der Waals surface area contributed by atoms with Gasteiger partial charge in [0.1, 0.15) is 5.75 Å². The number of benzene rings is 1. The highest BCUT2D eigenvalue weighted by Crippen LogP contribution is 2.33. The van der Waals surface area contributed by atoms with E-state index < -0.39 is 18.4 Å². The van der Waals surface area contributed by atoms with E-state index in [4.69, 9.17) is 0 Å². The monoisotopic (exact) mass is 324 g/mol. The molecule has 0 spiro atoms. The van der Waals surface area contributed by atoms with Crippen molar-refractivity contribution >= 4 is 22.0 Å². The fourth-order valence-electron chi connectivity index (χ4n) is 1.65. The zero-order valence-corrected chi connectivity index (χ0v) is 10.4. The van der Waals surface area contributed by atoms with Crippen LogP contribution in [0.3, 0.4) is 0 Å². The number of carbonyl (C=O) groups is 1. The van der Waals surface area contributed by atoms with Gasteiger partial charge in [0.2, 0.25) is 0 Å². The van der Waals surface area contributed by atoms with E-state index in [1.807, 2.05) is 0 Å². The summed E-state index contributed by atoms with van der Waals surface area (Å²) in [7, 11) is 0. The maximum Gasteiger partial charge on any atom is 0.573 e. The Balaban J connectivity index is 2.32. The van der Waals surface area contributed by atoms with Crippen LogP contribution in [0.5, 0.6) is 5.75 Å². The second-order valence-corrected chi connectivity index (χ2v) is 4.55. The van der Waals surface area contributed by atoms with Crippen molar-refractivity contribution in [2.24, 2.45) is 0 Å². The van der Waals surface area contributed by atoms with E-state index in [0.29, 0.717) is 4.47 Å². The van der Waals surface area contributed by atoms with Crippen LogP contribution in [0.4, 0.5) is 18.0 Å². The molecule has 1 aliphatic heterocycles. The highest BCUT2D eigenvalue weighted by atomic mass is 79.9. The fraction of sp³-hybridized carbons (Fsp3) is 0.300. The summed E-state index contributed by atoms with van der Waals surface area (Å²) in [4.78, 5) is 11.0. The second kappa shape index (κ2) is 4.68. The van der Waals surface area contributed by atoms with Crippen molar-refractivity contribution in [2.75, 3.05) is 6.54 Å². The lowest BCUT2D eigenvalue weighted by atomic mass is 10.1. The summed E-state index contributed by atoms with van der Waals surface area (Å²) < 4.78 is 41.3. The number of rotatable bonds is 2. The Kier molecular flexibility index (Phi) is 3.38. The van der Waals surface area contributed by atoms with Crippen molar-refractivity contribution in [3.63, 3.8) is 0 Å². The van der Waals surface area contributed by atoms with Crippen molar-refractivity contribution in [3.8, 4) is 5.75 Å². The van der Waals surface area contributed by atoms with Crippen LogP contribution in [0.15, 0.2) is 22.7 Å². The van der Waals surface area contributed by atoms with E-state index in [9.17, 15) is 18.0 Å². The number of urea groups is 1. The van der Waals surface area contributed by atoms with Crippen molar-refractivity contribution in [2.45, 2.75) is 12.4 Å². The number of carbonyl (C=O) groups excluding carboxylic acids is 1. The van der Waals surface area contributed by atoms with Gasteiger partial charge in [-0.25, -0.2) is 4.79 Å². The van der Waals surface area contributed by atoms with E-state index >= 15 is 0 Å². The molecule has 8 heteroatoms. The van der Waals surface area contributed by atoms with Gasteiger partial charge in [-0.1, -0.05) is 15.9 Å². The van der Waals surface area contributed by atoms with Crippen molar-refractivity contribution in [3.05, 3.63) is 28.2 Å². The largest absolute Gasteiger partial charge is 0.573 e. The average molecular weight is 325 g/mol. The molecule has 2 N–H and O–H groups in total. The van der Waals surface area contributed by atoms with Crippen molar-refractivity contribution in [1.82, 2.24) is 10.6 Å². The molecule has 0 radical (unpaired) electrons. The molecule has 4 nitrogen and oxygen atoms in total. The lowest BCUT2D eigenvalue weighted by Crippen LogP contribution is -2.23. The second-order valence-electron chi connectivity index (χ2n) is 3.64. The van der Waals surface area contributed by atoms with Gasteiger partial charge in [0, 0.05) is 16.6 Å². The van der Waals surface area contributed by atoms with Gasteiger partial charge in [0.25, 0.3) is 0 Å². The van der Waals surface area contributed by atoms with Crippen LogP contribution in [0, 0.1) is 0 Å². The zero-order valence-electron chi connectivity index (χ0n) is 8.84. The Bertz CT molecular complexity index is 479. The highest BCUT2D eigenvalue weighted by molar-refractivity contribution is 9.10. The summed E-state index contributed by atoms with van der Waals surface area (Å²) in [5, 5.41) is 4.98. The number of alkyl halides is 3. The standard InChI is InChI=1S/C10H8BrF3N2O2/c11-5-1-2-8(18-10(12,13)14)6(3-5)7-4-15-9(17)16-7/h1-3,7H,4H2,(H2,15,16,17)/t7-/m1/s1. The maximum atomic E-state index is 12.2. The third kappa shape index (κ3) is 3.06. The molecule has 1 atom stereocenters. The van der Waals surface area contributed by atoms with Gasteiger partial charge in [-0.3, -0.25) is 0 Å². The molecule has 1 aromatic rings. The summed E-state index contributed by atoms with van der Waals surface area (Å²) in [6.45, 7) is 0.212. The van der Waals surface area contributed by atoms with E-state index in [-0.39, 0.29) is 17.9 Å². The summed E-state index contributed by atoms with van der Waals surface area (Å²) in [5.41, 5.74) is 0.264. The topological polar surface area (TPSA) is 50.4 Å². The molecular formula is C10H8BrF3N2O2. The van der Waals surface area contributed by atoms with Crippen LogP contribution < -0.4 is 15.4 Å². The Labute approximate surface area is 109 Å². The Morgan fingerprint density at radius 2 is 2.11 bits per heavy atom. The van der Waals surface area contributed by atoms with Gasteiger partial charge < -0.3 is 15.4 Å². The lowest BCUT2D eigenvalue weighted by molar-refractivity contribution is -0.275. The van der Waals surface area contributed by atoms with Crippen LogP contribution in [0.1, 0.15) is 11.6 Å². The first kappa shape index (κ1) is 13.0.